The van der Waals surface area contributed by atoms with Crippen molar-refractivity contribution in [3.05, 3.63) is 76.6 Å². The molecule has 1 aromatic rings. The van der Waals surface area contributed by atoms with E-state index in [1.807, 2.05) is 19.9 Å². The van der Waals surface area contributed by atoms with E-state index in [2.05, 4.69) is 0 Å². The molecule has 0 heterocycles. The van der Waals surface area contributed by atoms with Crippen LogP contribution in [0.1, 0.15) is 36.2 Å². The SMILES string of the molecule is CC(C)=CCC1C=CC(C(=O)C=Cc2cccc(C(=O)O)c2)=C(OCC(=O)O)C1=O. The third-order valence-electron chi connectivity index (χ3n) is 4.25. The van der Waals surface area contributed by atoms with Crippen LogP contribution in [0.3, 0.4) is 0 Å². The van der Waals surface area contributed by atoms with Gasteiger partial charge in [0.1, 0.15) is 0 Å². The number of ether oxygens (including phenoxy) is 1. The zero-order chi connectivity index (χ0) is 22.3. The molecule has 0 radical (unpaired) electrons. The van der Waals surface area contributed by atoms with Crippen LogP contribution in [-0.4, -0.2) is 40.3 Å². The van der Waals surface area contributed by atoms with Crippen molar-refractivity contribution in [3.63, 3.8) is 0 Å². The lowest BCUT2D eigenvalue weighted by Gasteiger charge is -2.19. The van der Waals surface area contributed by atoms with Crippen molar-refractivity contribution in [2.24, 2.45) is 5.92 Å². The van der Waals surface area contributed by atoms with Gasteiger partial charge in [0.05, 0.1) is 11.1 Å². The molecule has 7 heteroatoms. The molecule has 156 valence electrons. The molecule has 0 aliphatic heterocycles. The molecule has 0 spiro atoms. The molecule has 1 unspecified atom stereocenters. The number of Topliss-reactive ketones (excluding diaryl/α,β-unsaturated/α-hetero) is 1. The first-order valence-corrected chi connectivity index (χ1v) is 9.19. The van der Waals surface area contributed by atoms with E-state index in [4.69, 9.17) is 14.9 Å². The number of carbonyl (C=O) groups is 4. The highest BCUT2D eigenvalue weighted by atomic mass is 16.5. The molecular weight excluding hydrogens is 388 g/mol. The Kier molecular flexibility index (Phi) is 7.63. The third-order valence-corrected chi connectivity index (χ3v) is 4.25. The van der Waals surface area contributed by atoms with Crippen LogP contribution < -0.4 is 0 Å². The van der Waals surface area contributed by atoms with Crippen molar-refractivity contribution < 1.29 is 34.1 Å². The van der Waals surface area contributed by atoms with Crippen molar-refractivity contribution >= 4 is 29.6 Å². The van der Waals surface area contributed by atoms with Gasteiger partial charge in [0, 0.05) is 5.92 Å². The van der Waals surface area contributed by atoms with Crippen LogP contribution in [0, 0.1) is 5.92 Å². The van der Waals surface area contributed by atoms with Crippen LogP contribution in [0.2, 0.25) is 0 Å². The summed E-state index contributed by atoms with van der Waals surface area (Å²) in [6.45, 7) is 3.05. The molecule has 7 nitrogen and oxygen atoms in total. The van der Waals surface area contributed by atoms with Gasteiger partial charge in [0.25, 0.3) is 0 Å². The van der Waals surface area contributed by atoms with Gasteiger partial charge in [0.2, 0.25) is 5.78 Å². The fraction of sp³-hybridized carbons (Fsp3) is 0.217. The lowest BCUT2D eigenvalue weighted by Crippen LogP contribution is -2.24. The zero-order valence-electron chi connectivity index (χ0n) is 16.6. The standard InChI is InChI=1S/C23H22O7/c1-14(2)6-8-16-9-10-18(22(21(16)27)30-13-20(25)26)19(24)11-7-15-4-3-5-17(12-15)23(28)29/h3-7,9-12,16H,8,13H2,1-2H3,(H,25,26)(H,28,29). The molecule has 1 aromatic carbocycles. The Balaban J connectivity index is 2.30. The predicted molar refractivity (Wildman–Crippen MR) is 110 cm³/mol. The van der Waals surface area contributed by atoms with E-state index in [9.17, 15) is 19.2 Å². The maximum Gasteiger partial charge on any atom is 0.341 e. The summed E-state index contributed by atoms with van der Waals surface area (Å²) < 4.78 is 5.16. The van der Waals surface area contributed by atoms with E-state index in [1.165, 1.54) is 30.4 Å². The molecule has 0 amide bonds. The highest BCUT2D eigenvalue weighted by Gasteiger charge is 2.29. The number of aliphatic carboxylic acids is 1. The first kappa shape index (κ1) is 22.5. The molecule has 0 aromatic heterocycles. The van der Waals surface area contributed by atoms with Crippen molar-refractivity contribution in [3.8, 4) is 0 Å². The molecule has 0 saturated carbocycles. The van der Waals surface area contributed by atoms with E-state index in [1.54, 1.807) is 18.2 Å². The van der Waals surface area contributed by atoms with Gasteiger partial charge in [-0.15, -0.1) is 0 Å². The quantitative estimate of drug-likeness (QED) is 0.473. The van der Waals surface area contributed by atoms with Gasteiger partial charge in [-0.1, -0.05) is 42.0 Å². The maximum absolute atomic E-state index is 12.8. The Bertz CT molecular complexity index is 989. The smallest absolute Gasteiger partial charge is 0.341 e. The first-order chi connectivity index (χ1) is 14.2. The molecule has 0 fully saturated rings. The van der Waals surface area contributed by atoms with Gasteiger partial charge in [-0.25, -0.2) is 9.59 Å². The van der Waals surface area contributed by atoms with Crippen LogP contribution in [-0.2, 0) is 19.1 Å². The average molecular weight is 410 g/mol. The number of carboxylic acids is 2. The average Bonchev–Trinajstić information content (AvgIpc) is 2.69. The predicted octanol–water partition coefficient (Wildman–Crippen LogP) is 3.43. The topological polar surface area (TPSA) is 118 Å². The van der Waals surface area contributed by atoms with Crippen LogP contribution in [0.15, 0.2) is 65.5 Å². The van der Waals surface area contributed by atoms with E-state index in [0.29, 0.717) is 12.0 Å². The number of aromatic carboxylic acids is 1. The Morgan fingerprint density at radius 3 is 2.53 bits per heavy atom. The summed E-state index contributed by atoms with van der Waals surface area (Å²) in [7, 11) is 0. The molecule has 0 saturated heterocycles. The van der Waals surface area contributed by atoms with Gasteiger partial charge < -0.3 is 14.9 Å². The van der Waals surface area contributed by atoms with Crippen LogP contribution in [0.5, 0.6) is 0 Å². The van der Waals surface area contributed by atoms with Crippen molar-refractivity contribution in [1.82, 2.24) is 0 Å². The number of carbonyl (C=O) groups excluding carboxylic acids is 2. The summed E-state index contributed by atoms with van der Waals surface area (Å²) in [5.74, 6) is -4.19. The molecule has 1 aliphatic rings. The molecule has 30 heavy (non-hydrogen) atoms. The van der Waals surface area contributed by atoms with E-state index >= 15 is 0 Å². The highest BCUT2D eigenvalue weighted by molar-refractivity contribution is 6.15. The van der Waals surface area contributed by atoms with Crippen LogP contribution in [0.4, 0.5) is 0 Å². The van der Waals surface area contributed by atoms with Gasteiger partial charge in [0.15, 0.2) is 18.1 Å². The molecule has 0 bridgehead atoms. The number of allylic oxidation sites excluding steroid dienone is 7. The minimum Gasteiger partial charge on any atom is -0.479 e. The van der Waals surface area contributed by atoms with Crippen molar-refractivity contribution in [2.45, 2.75) is 20.3 Å². The van der Waals surface area contributed by atoms with E-state index in [-0.39, 0.29) is 16.9 Å². The first-order valence-electron chi connectivity index (χ1n) is 9.19. The zero-order valence-corrected chi connectivity index (χ0v) is 16.6. The van der Waals surface area contributed by atoms with Gasteiger partial charge in [-0.05, 0) is 44.0 Å². The van der Waals surface area contributed by atoms with Crippen molar-refractivity contribution in [2.75, 3.05) is 6.61 Å². The molecule has 1 atom stereocenters. The Labute approximate surface area is 173 Å². The molecule has 1 aliphatic carbocycles. The van der Waals surface area contributed by atoms with Gasteiger partial charge in [-0.2, -0.15) is 0 Å². The fourth-order valence-corrected chi connectivity index (χ4v) is 2.74. The Hall–Kier alpha value is -3.74. The number of carboxylic acid groups (broad SMARTS) is 2. The summed E-state index contributed by atoms with van der Waals surface area (Å²) in [6.07, 6.45) is 7.96. The largest absolute Gasteiger partial charge is 0.479 e. The highest BCUT2D eigenvalue weighted by Crippen LogP contribution is 2.25. The summed E-state index contributed by atoms with van der Waals surface area (Å²) in [4.78, 5) is 47.4. The summed E-state index contributed by atoms with van der Waals surface area (Å²) >= 11 is 0. The van der Waals surface area contributed by atoms with Crippen LogP contribution in [0.25, 0.3) is 6.08 Å². The van der Waals surface area contributed by atoms with Gasteiger partial charge in [-0.3, -0.25) is 9.59 Å². The lowest BCUT2D eigenvalue weighted by atomic mass is 9.89. The summed E-state index contributed by atoms with van der Waals surface area (Å²) in [5.41, 5.74) is 1.55. The second-order valence-corrected chi connectivity index (χ2v) is 6.90. The second kappa shape index (κ2) is 10.2. The third kappa shape index (κ3) is 6.13. The Morgan fingerprint density at radius 2 is 1.90 bits per heavy atom. The summed E-state index contributed by atoms with van der Waals surface area (Å²) in [6, 6.07) is 6.01. The molecular formula is C23H22O7. The fourth-order valence-electron chi connectivity index (χ4n) is 2.74. The van der Waals surface area contributed by atoms with E-state index in [0.717, 1.165) is 5.57 Å². The minimum absolute atomic E-state index is 0.0414. The maximum atomic E-state index is 12.8. The second-order valence-electron chi connectivity index (χ2n) is 6.90. The minimum atomic E-state index is -1.27. The number of benzene rings is 1. The number of hydrogen-bond acceptors (Lipinski definition) is 5. The lowest BCUT2D eigenvalue weighted by molar-refractivity contribution is -0.141. The number of hydrogen-bond donors (Lipinski definition) is 2. The molecule has 2 N–H and O–H groups in total. The number of rotatable bonds is 9. The van der Waals surface area contributed by atoms with Crippen LogP contribution >= 0.6 is 0 Å². The normalized spacial score (nSPS) is 15.9. The monoisotopic (exact) mass is 410 g/mol. The van der Waals surface area contributed by atoms with E-state index < -0.39 is 36.0 Å². The molecule has 2 rings (SSSR count). The number of ketones is 2. The van der Waals surface area contributed by atoms with Crippen molar-refractivity contribution in [1.29, 1.82) is 0 Å². The Morgan fingerprint density at radius 1 is 1.17 bits per heavy atom. The summed E-state index contributed by atoms with van der Waals surface area (Å²) in [5, 5.41) is 17.9. The van der Waals surface area contributed by atoms with Gasteiger partial charge >= 0.3 is 11.9 Å².